The first kappa shape index (κ1) is 36.6. The lowest BCUT2D eigenvalue weighted by atomic mass is 9.92. The Morgan fingerprint density at radius 3 is 1.85 bits per heavy atom. The van der Waals surface area contributed by atoms with Crippen LogP contribution in [0.2, 0.25) is 0 Å². The van der Waals surface area contributed by atoms with E-state index >= 15 is 0 Å². The van der Waals surface area contributed by atoms with Crippen molar-refractivity contribution in [3.63, 3.8) is 0 Å². The molecule has 4 atom stereocenters. The number of likely N-dealkylation sites (tertiary alicyclic amines) is 2. The minimum absolute atomic E-state index is 0.0373. The van der Waals surface area contributed by atoms with E-state index in [0.29, 0.717) is 46.7 Å². The summed E-state index contributed by atoms with van der Waals surface area (Å²) >= 11 is 0. The minimum atomic E-state index is -1.17. The average molecular weight is 755 g/mol. The molecule has 5 aliphatic rings. The molecule has 0 saturated carbocycles. The summed E-state index contributed by atoms with van der Waals surface area (Å²) in [6, 6.07) is 10.3. The lowest BCUT2D eigenvalue weighted by Crippen LogP contribution is -2.43. The lowest BCUT2D eigenvalue weighted by Gasteiger charge is -2.28. The van der Waals surface area contributed by atoms with Gasteiger partial charge >= 0.3 is 17.8 Å². The van der Waals surface area contributed by atoms with Gasteiger partial charge in [-0.05, 0) is 82.0 Å². The van der Waals surface area contributed by atoms with Crippen molar-refractivity contribution < 1.29 is 37.0 Å². The standard InChI is InChI=1S/C42H44F2N4O7/c1-41(2,3)54-39(50)47-19-26(43)15-33(47)31-11-24(17-45-31)22-8-10-29-35(13-22)52-21-30-28-9-7-23(14-36(28)53-38(49)37(29)30)25-12-32(46-18-25)34-16-27(44)20-48(34)40(51)55-42(4,5)6/h7-10,13-14,17-18,26-27,33-34H,11-12,15-16,19-21H2,1-6H3/t26-,27-,33+,34+/m1/s1. The van der Waals surface area contributed by atoms with E-state index in [2.05, 4.69) is 9.98 Å². The molecule has 1 aromatic heterocycles. The number of hydrogen-bond donors (Lipinski definition) is 0. The minimum Gasteiger partial charge on any atom is -0.488 e. The third-order valence-electron chi connectivity index (χ3n) is 10.4. The Bertz CT molecular complexity index is 2300. The SMILES string of the molecule is CC(C)(C)OC(=O)N1C[C@H](F)C[C@H]1C1=NC=C(c2ccc3c(c2)OCc2c-3c(=O)oc3cc(C4=CN=C([C@@H]5C[C@@H](F)CN5C(=O)OC(C)(C)C)C4)ccc23)C1. The maximum Gasteiger partial charge on any atom is 0.410 e. The molecule has 0 aliphatic carbocycles. The van der Waals surface area contributed by atoms with Crippen molar-refractivity contribution in [2.24, 2.45) is 9.98 Å². The van der Waals surface area contributed by atoms with Crippen molar-refractivity contribution in [2.45, 2.75) is 109 Å². The third-order valence-corrected chi connectivity index (χ3v) is 10.4. The maximum atomic E-state index is 14.6. The van der Waals surface area contributed by atoms with E-state index < -0.39 is 53.4 Å². The van der Waals surface area contributed by atoms with E-state index in [1.165, 1.54) is 9.80 Å². The van der Waals surface area contributed by atoms with Gasteiger partial charge in [0.15, 0.2) is 0 Å². The van der Waals surface area contributed by atoms with Crippen LogP contribution in [0.5, 0.6) is 5.75 Å². The largest absolute Gasteiger partial charge is 0.488 e. The molecule has 6 heterocycles. The van der Waals surface area contributed by atoms with Gasteiger partial charge in [0.25, 0.3) is 0 Å². The molecule has 13 heteroatoms. The fourth-order valence-electron chi connectivity index (χ4n) is 7.99. The first-order valence-electron chi connectivity index (χ1n) is 18.7. The van der Waals surface area contributed by atoms with Crippen molar-refractivity contribution in [3.05, 3.63) is 75.9 Å². The monoisotopic (exact) mass is 754 g/mol. The second-order valence-corrected chi connectivity index (χ2v) is 16.8. The van der Waals surface area contributed by atoms with Gasteiger partial charge < -0.3 is 18.6 Å². The average Bonchev–Trinajstić information content (AvgIpc) is 3.92. The molecule has 55 heavy (non-hydrogen) atoms. The molecule has 2 amide bonds. The predicted molar refractivity (Wildman–Crippen MR) is 205 cm³/mol. The van der Waals surface area contributed by atoms with E-state index in [-0.39, 0.29) is 32.5 Å². The number of allylic oxidation sites excluding steroid dienone is 2. The zero-order valence-corrected chi connectivity index (χ0v) is 31.8. The van der Waals surface area contributed by atoms with Crippen molar-refractivity contribution in [1.82, 2.24) is 9.80 Å². The molecule has 0 spiro atoms. The molecule has 288 valence electrons. The summed E-state index contributed by atoms with van der Waals surface area (Å²) in [5, 5.41) is 0.744. The molecule has 5 aliphatic heterocycles. The highest BCUT2D eigenvalue weighted by Gasteiger charge is 2.42. The third kappa shape index (κ3) is 7.16. The van der Waals surface area contributed by atoms with Crippen molar-refractivity contribution in [1.29, 1.82) is 0 Å². The highest BCUT2D eigenvalue weighted by molar-refractivity contribution is 6.04. The van der Waals surface area contributed by atoms with Crippen LogP contribution in [-0.2, 0) is 16.1 Å². The second-order valence-electron chi connectivity index (χ2n) is 16.8. The van der Waals surface area contributed by atoms with E-state index in [4.69, 9.17) is 18.6 Å². The smallest absolute Gasteiger partial charge is 0.410 e. The molecule has 2 aromatic carbocycles. The number of halogens is 2. The van der Waals surface area contributed by atoms with Crippen molar-refractivity contribution >= 4 is 45.7 Å². The molecular weight excluding hydrogens is 710 g/mol. The van der Waals surface area contributed by atoms with Crippen LogP contribution in [0.1, 0.15) is 83.9 Å². The van der Waals surface area contributed by atoms with E-state index in [1.54, 1.807) is 53.9 Å². The number of carbonyl (C=O) groups excluding carboxylic acids is 2. The number of benzene rings is 2. The van der Waals surface area contributed by atoms with Crippen LogP contribution < -0.4 is 10.4 Å². The normalized spacial score (nSPS) is 23.5. The van der Waals surface area contributed by atoms with Gasteiger partial charge in [-0.3, -0.25) is 19.8 Å². The van der Waals surface area contributed by atoms with Crippen LogP contribution in [0.25, 0.3) is 33.2 Å². The van der Waals surface area contributed by atoms with Gasteiger partial charge in [0.2, 0.25) is 0 Å². The van der Waals surface area contributed by atoms with Crippen LogP contribution >= 0.6 is 0 Å². The van der Waals surface area contributed by atoms with E-state index in [9.17, 15) is 23.2 Å². The Kier molecular flexibility index (Phi) is 8.96. The zero-order chi connectivity index (χ0) is 39.0. The Morgan fingerprint density at radius 2 is 1.31 bits per heavy atom. The summed E-state index contributed by atoms with van der Waals surface area (Å²) in [5.41, 5.74) is 5.06. The molecular formula is C42H44F2N4O7. The maximum absolute atomic E-state index is 14.6. The molecule has 2 saturated heterocycles. The number of rotatable bonds is 4. The summed E-state index contributed by atoms with van der Waals surface area (Å²) in [5.74, 6) is 0.534. The Hall–Kier alpha value is -5.33. The van der Waals surface area contributed by atoms with Crippen LogP contribution in [0.3, 0.4) is 0 Å². The fraction of sp³-hybridized carbons (Fsp3) is 0.452. The van der Waals surface area contributed by atoms with Crippen LogP contribution in [0.4, 0.5) is 18.4 Å². The number of amides is 2. The van der Waals surface area contributed by atoms with Gasteiger partial charge in [-0.15, -0.1) is 0 Å². The number of hydrogen-bond acceptors (Lipinski definition) is 9. The Morgan fingerprint density at radius 1 is 0.782 bits per heavy atom. The van der Waals surface area contributed by atoms with Crippen LogP contribution in [0.15, 0.2) is 68.0 Å². The van der Waals surface area contributed by atoms with Gasteiger partial charge in [-0.25, -0.2) is 23.2 Å². The zero-order valence-electron chi connectivity index (χ0n) is 31.8. The number of nitrogens with zero attached hydrogens (tertiary/aromatic N) is 4. The van der Waals surface area contributed by atoms with Gasteiger partial charge in [0, 0.05) is 66.0 Å². The van der Waals surface area contributed by atoms with E-state index in [0.717, 1.165) is 33.2 Å². The summed E-state index contributed by atoms with van der Waals surface area (Å²) < 4.78 is 52.4. The second kappa shape index (κ2) is 13.5. The van der Waals surface area contributed by atoms with Gasteiger partial charge in [-0.2, -0.15) is 0 Å². The van der Waals surface area contributed by atoms with Crippen LogP contribution in [-0.4, -0.2) is 82.1 Å². The summed E-state index contributed by atoms with van der Waals surface area (Å²) in [6.45, 7) is 10.7. The molecule has 0 radical (unpaired) electrons. The molecule has 11 nitrogen and oxygen atoms in total. The van der Waals surface area contributed by atoms with Crippen LogP contribution in [0, 0.1) is 0 Å². The van der Waals surface area contributed by atoms with Gasteiger partial charge in [0.1, 0.15) is 41.5 Å². The first-order chi connectivity index (χ1) is 26.0. The van der Waals surface area contributed by atoms with Gasteiger partial charge in [-0.1, -0.05) is 18.2 Å². The number of ether oxygens (including phenoxy) is 3. The molecule has 0 unspecified atom stereocenters. The van der Waals surface area contributed by atoms with E-state index in [1.807, 2.05) is 36.4 Å². The van der Waals surface area contributed by atoms with Crippen molar-refractivity contribution in [3.8, 4) is 16.9 Å². The molecule has 2 fully saturated rings. The lowest BCUT2D eigenvalue weighted by molar-refractivity contribution is 0.0246. The quantitative estimate of drug-likeness (QED) is 0.245. The Labute approximate surface area is 317 Å². The number of alkyl halides is 2. The summed E-state index contributed by atoms with van der Waals surface area (Å²) in [7, 11) is 0. The summed E-state index contributed by atoms with van der Waals surface area (Å²) in [4.78, 5) is 51.4. The molecule has 0 N–H and O–H groups in total. The first-order valence-corrected chi connectivity index (χ1v) is 18.7. The number of fused-ring (bicyclic) bond motifs is 5. The Balaban J connectivity index is 0.978. The molecule has 3 aromatic rings. The highest BCUT2D eigenvalue weighted by Crippen LogP contribution is 2.42. The number of carbonyl (C=O) groups is 2. The topological polar surface area (TPSA) is 123 Å². The van der Waals surface area contributed by atoms with Gasteiger partial charge in [0.05, 0.1) is 30.7 Å². The fourth-order valence-corrected chi connectivity index (χ4v) is 7.99. The highest BCUT2D eigenvalue weighted by atomic mass is 19.1. The number of aliphatic imine (C=N–C) groups is 2. The predicted octanol–water partition coefficient (Wildman–Crippen LogP) is 8.42. The molecule has 8 rings (SSSR count). The molecule has 0 bridgehead atoms. The summed E-state index contributed by atoms with van der Waals surface area (Å²) in [6.07, 6.45) is 1.18. The van der Waals surface area contributed by atoms with Crippen molar-refractivity contribution in [2.75, 3.05) is 13.1 Å².